The molecule has 1 N–H and O–H groups in total. The van der Waals surface area contributed by atoms with Gasteiger partial charge in [0.1, 0.15) is 0 Å². The van der Waals surface area contributed by atoms with Crippen LogP contribution in [0.3, 0.4) is 0 Å². The maximum atomic E-state index is 4.41. The standard InChI is InChI=1S/C17H23N3/c1-2-16(17-14-19-11-12-20-17)9-10-18-13-15-7-5-3-4-6-8-15/h3-5,7-8,11-12,14,16,18H,2,6,9-10,13H2,1H3. The van der Waals surface area contributed by atoms with Gasteiger partial charge >= 0.3 is 0 Å². The molecule has 1 aromatic rings. The van der Waals surface area contributed by atoms with E-state index in [1.54, 1.807) is 12.4 Å². The summed E-state index contributed by atoms with van der Waals surface area (Å²) in [7, 11) is 0. The molecule has 0 spiro atoms. The Balaban J connectivity index is 1.73. The molecule has 3 nitrogen and oxygen atoms in total. The van der Waals surface area contributed by atoms with Crippen LogP contribution in [0.5, 0.6) is 0 Å². The van der Waals surface area contributed by atoms with Crippen LogP contribution in [-0.2, 0) is 0 Å². The molecule has 0 saturated carbocycles. The summed E-state index contributed by atoms with van der Waals surface area (Å²) in [5, 5.41) is 3.52. The quantitative estimate of drug-likeness (QED) is 0.771. The molecule has 1 heterocycles. The molecule has 0 saturated heterocycles. The van der Waals surface area contributed by atoms with Crippen molar-refractivity contribution in [2.75, 3.05) is 13.1 Å². The summed E-state index contributed by atoms with van der Waals surface area (Å²) in [6.07, 6.45) is 19.5. The predicted molar refractivity (Wildman–Crippen MR) is 83.5 cm³/mol. The first-order valence-corrected chi connectivity index (χ1v) is 7.39. The maximum Gasteiger partial charge on any atom is 0.0617 e. The molecule has 0 fully saturated rings. The van der Waals surface area contributed by atoms with Crippen LogP contribution < -0.4 is 5.32 Å². The fraction of sp³-hybridized carbons (Fsp3) is 0.412. The maximum absolute atomic E-state index is 4.41. The third kappa shape index (κ3) is 4.74. The van der Waals surface area contributed by atoms with Gasteiger partial charge < -0.3 is 5.32 Å². The van der Waals surface area contributed by atoms with E-state index in [0.717, 1.165) is 38.0 Å². The van der Waals surface area contributed by atoms with E-state index in [2.05, 4.69) is 52.6 Å². The van der Waals surface area contributed by atoms with Crippen molar-refractivity contribution >= 4 is 0 Å². The first-order valence-electron chi connectivity index (χ1n) is 7.39. The predicted octanol–water partition coefficient (Wildman–Crippen LogP) is 3.39. The average molecular weight is 269 g/mol. The first-order chi connectivity index (χ1) is 9.90. The summed E-state index contributed by atoms with van der Waals surface area (Å²) in [6, 6.07) is 0. The highest BCUT2D eigenvalue weighted by atomic mass is 14.9. The number of hydrogen-bond acceptors (Lipinski definition) is 3. The third-order valence-corrected chi connectivity index (χ3v) is 3.57. The van der Waals surface area contributed by atoms with Crippen LogP contribution in [-0.4, -0.2) is 23.1 Å². The van der Waals surface area contributed by atoms with Gasteiger partial charge in [0.05, 0.1) is 5.69 Å². The SMILES string of the molecule is CCC(CCNCC1=CCC=CC=C1)c1cnccn1. The lowest BCUT2D eigenvalue weighted by Gasteiger charge is -2.14. The number of rotatable bonds is 7. The van der Waals surface area contributed by atoms with E-state index in [1.165, 1.54) is 5.57 Å². The number of hydrogen-bond donors (Lipinski definition) is 1. The van der Waals surface area contributed by atoms with Crippen molar-refractivity contribution in [2.45, 2.75) is 32.1 Å². The van der Waals surface area contributed by atoms with Crippen molar-refractivity contribution < 1.29 is 0 Å². The summed E-state index contributed by atoms with van der Waals surface area (Å²) in [4.78, 5) is 8.57. The second-order valence-electron chi connectivity index (χ2n) is 5.00. The zero-order chi connectivity index (χ0) is 14.0. The number of allylic oxidation sites excluding steroid dienone is 4. The van der Waals surface area contributed by atoms with E-state index >= 15 is 0 Å². The molecule has 20 heavy (non-hydrogen) atoms. The second-order valence-corrected chi connectivity index (χ2v) is 5.00. The fourth-order valence-electron chi connectivity index (χ4n) is 2.35. The third-order valence-electron chi connectivity index (χ3n) is 3.57. The highest BCUT2D eigenvalue weighted by molar-refractivity contribution is 5.27. The van der Waals surface area contributed by atoms with Gasteiger partial charge in [-0.05, 0) is 31.4 Å². The molecule has 106 valence electrons. The van der Waals surface area contributed by atoms with Crippen LogP contribution in [0.1, 0.15) is 37.8 Å². The van der Waals surface area contributed by atoms with Gasteiger partial charge in [0.2, 0.25) is 0 Å². The lowest BCUT2D eigenvalue weighted by Crippen LogP contribution is -2.20. The highest BCUT2D eigenvalue weighted by Gasteiger charge is 2.10. The molecule has 1 aliphatic rings. The van der Waals surface area contributed by atoms with Crippen molar-refractivity contribution in [3.63, 3.8) is 0 Å². The van der Waals surface area contributed by atoms with Gasteiger partial charge in [-0.25, -0.2) is 0 Å². The minimum Gasteiger partial charge on any atom is -0.313 e. The molecule has 1 unspecified atom stereocenters. The van der Waals surface area contributed by atoms with Gasteiger partial charge in [0.25, 0.3) is 0 Å². The van der Waals surface area contributed by atoms with Gasteiger partial charge in [-0.3, -0.25) is 9.97 Å². The lowest BCUT2D eigenvalue weighted by atomic mass is 9.99. The topological polar surface area (TPSA) is 37.8 Å². The molecule has 0 radical (unpaired) electrons. The van der Waals surface area contributed by atoms with Gasteiger partial charge in [-0.2, -0.15) is 0 Å². The van der Waals surface area contributed by atoms with E-state index in [0.29, 0.717) is 5.92 Å². The normalized spacial score (nSPS) is 15.8. The van der Waals surface area contributed by atoms with Crippen molar-refractivity contribution in [1.29, 1.82) is 0 Å². The minimum absolute atomic E-state index is 0.497. The van der Waals surface area contributed by atoms with E-state index in [4.69, 9.17) is 0 Å². The molecule has 1 atom stereocenters. The first kappa shape index (κ1) is 14.7. The second kappa shape index (κ2) is 8.43. The van der Waals surface area contributed by atoms with Crippen LogP contribution in [0.25, 0.3) is 0 Å². The summed E-state index contributed by atoms with van der Waals surface area (Å²) in [5.41, 5.74) is 2.47. The molecule has 0 aromatic carbocycles. The van der Waals surface area contributed by atoms with Crippen molar-refractivity contribution in [2.24, 2.45) is 0 Å². The minimum atomic E-state index is 0.497. The molecule has 1 aliphatic carbocycles. The van der Waals surface area contributed by atoms with E-state index < -0.39 is 0 Å². The van der Waals surface area contributed by atoms with Crippen LogP contribution in [0.15, 0.2) is 54.5 Å². The highest BCUT2D eigenvalue weighted by Crippen LogP contribution is 2.19. The zero-order valence-corrected chi connectivity index (χ0v) is 12.1. The average Bonchev–Trinajstić information content (AvgIpc) is 2.77. The van der Waals surface area contributed by atoms with Crippen LogP contribution in [0.4, 0.5) is 0 Å². The van der Waals surface area contributed by atoms with Crippen LogP contribution in [0.2, 0.25) is 0 Å². The summed E-state index contributed by atoms with van der Waals surface area (Å²) < 4.78 is 0. The molecule has 0 bridgehead atoms. The number of nitrogens with zero attached hydrogens (tertiary/aromatic N) is 2. The molecular weight excluding hydrogens is 246 g/mol. The van der Waals surface area contributed by atoms with Gasteiger partial charge in [-0.1, -0.05) is 37.3 Å². The van der Waals surface area contributed by atoms with Crippen LogP contribution in [0, 0.1) is 0 Å². The molecule has 2 rings (SSSR count). The zero-order valence-electron chi connectivity index (χ0n) is 12.1. The van der Waals surface area contributed by atoms with E-state index in [1.807, 2.05) is 6.20 Å². The van der Waals surface area contributed by atoms with Crippen LogP contribution >= 0.6 is 0 Å². The van der Waals surface area contributed by atoms with Gasteiger partial charge in [-0.15, -0.1) is 0 Å². The largest absolute Gasteiger partial charge is 0.313 e. The molecule has 3 heteroatoms. The smallest absolute Gasteiger partial charge is 0.0617 e. The Morgan fingerprint density at radius 3 is 3.05 bits per heavy atom. The Hall–Kier alpha value is -1.74. The van der Waals surface area contributed by atoms with Gasteiger partial charge in [0, 0.05) is 31.1 Å². The molecular formula is C17H23N3. The Kier molecular flexibility index (Phi) is 6.18. The van der Waals surface area contributed by atoms with E-state index in [-0.39, 0.29) is 0 Å². The van der Waals surface area contributed by atoms with Gasteiger partial charge in [0.15, 0.2) is 0 Å². The van der Waals surface area contributed by atoms with Crippen molar-refractivity contribution in [3.05, 3.63) is 60.2 Å². The van der Waals surface area contributed by atoms with Crippen molar-refractivity contribution in [1.82, 2.24) is 15.3 Å². The summed E-state index contributed by atoms with van der Waals surface area (Å²) in [6.45, 7) is 4.16. The number of nitrogens with one attached hydrogen (secondary N) is 1. The molecule has 0 amide bonds. The Morgan fingerprint density at radius 2 is 2.25 bits per heavy atom. The Labute approximate surface area is 121 Å². The Bertz CT molecular complexity index is 474. The molecule has 1 aromatic heterocycles. The number of aromatic nitrogens is 2. The van der Waals surface area contributed by atoms with Crippen molar-refractivity contribution in [3.8, 4) is 0 Å². The summed E-state index contributed by atoms with van der Waals surface area (Å²) >= 11 is 0. The fourth-order valence-corrected chi connectivity index (χ4v) is 2.35. The Morgan fingerprint density at radius 1 is 1.30 bits per heavy atom. The van der Waals surface area contributed by atoms with E-state index in [9.17, 15) is 0 Å². The lowest BCUT2D eigenvalue weighted by molar-refractivity contribution is 0.555. The monoisotopic (exact) mass is 269 g/mol. The summed E-state index contributed by atoms with van der Waals surface area (Å²) in [5.74, 6) is 0.497. The molecule has 0 aliphatic heterocycles.